The van der Waals surface area contributed by atoms with Gasteiger partial charge >= 0.3 is 0 Å². The van der Waals surface area contributed by atoms with E-state index in [1.807, 2.05) is 47.2 Å². The molecule has 1 aliphatic rings. The average Bonchev–Trinajstić information content (AvgIpc) is 3.14. The average molecular weight is 414 g/mol. The van der Waals surface area contributed by atoms with Crippen LogP contribution in [-0.4, -0.2) is 27.1 Å². The number of carbonyl (C=O) groups is 1. The molecule has 2 aromatic carbocycles. The van der Waals surface area contributed by atoms with Crippen molar-refractivity contribution in [1.82, 2.24) is 14.7 Å². The highest BCUT2D eigenvalue weighted by Gasteiger charge is 2.29. The molecule has 28 heavy (non-hydrogen) atoms. The molecule has 1 atom stereocenters. The molecular formula is C22H21Cl2N3O. The van der Waals surface area contributed by atoms with Crippen LogP contribution in [0, 0.1) is 0 Å². The number of fused-ring (bicyclic) bond motifs is 1. The van der Waals surface area contributed by atoms with Crippen LogP contribution in [0.1, 0.15) is 34.6 Å². The van der Waals surface area contributed by atoms with Crippen LogP contribution < -0.4 is 0 Å². The Kier molecular flexibility index (Phi) is 5.42. The highest BCUT2D eigenvalue weighted by molar-refractivity contribution is 6.42. The highest BCUT2D eigenvalue weighted by Crippen LogP contribution is 2.33. The van der Waals surface area contributed by atoms with Gasteiger partial charge in [-0.1, -0.05) is 53.5 Å². The molecule has 0 radical (unpaired) electrons. The van der Waals surface area contributed by atoms with Crippen molar-refractivity contribution in [2.24, 2.45) is 7.05 Å². The molecule has 0 N–H and O–H groups in total. The molecule has 144 valence electrons. The van der Waals surface area contributed by atoms with E-state index >= 15 is 0 Å². The lowest BCUT2D eigenvalue weighted by molar-refractivity contribution is -0.132. The van der Waals surface area contributed by atoms with Gasteiger partial charge in [0.15, 0.2) is 0 Å². The lowest BCUT2D eigenvalue weighted by Gasteiger charge is -2.34. The molecule has 0 bridgehead atoms. The number of halogens is 2. The van der Waals surface area contributed by atoms with Crippen molar-refractivity contribution < 1.29 is 4.79 Å². The summed E-state index contributed by atoms with van der Waals surface area (Å²) in [5, 5.41) is 5.37. The number of amides is 1. The van der Waals surface area contributed by atoms with Crippen LogP contribution in [0.3, 0.4) is 0 Å². The van der Waals surface area contributed by atoms with Gasteiger partial charge in [-0.3, -0.25) is 9.48 Å². The molecular weight excluding hydrogens is 393 g/mol. The molecule has 4 rings (SSSR count). The summed E-state index contributed by atoms with van der Waals surface area (Å²) in [6.07, 6.45) is 5.02. The van der Waals surface area contributed by atoms with E-state index in [2.05, 4.69) is 23.3 Å². The zero-order chi connectivity index (χ0) is 19.7. The third kappa shape index (κ3) is 3.94. The number of rotatable bonds is 4. The first-order valence-corrected chi connectivity index (χ1v) is 10.0. The monoisotopic (exact) mass is 413 g/mol. The predicted molar refractivity (Wildman–Crippen MR) is 112 cm³/mol. The molecule has 1 amide bonds. The van der Waals surface area contributed by atoms with Crippen molar-refractivity contribution in [3.05, 3.63) is 87.2 Å². The van der Waals surface area contributed by atoms with Crippen molar-refractivity contribution >= 4 is 29.1 Å². The Labute approximate surface area is 174 Å². The summed E-state index contributed by atoms with van der Waals surface area (Å²) in [5.74, 6) is 0.294. The molecule has 3 aromatic rings. The minimum absolute atomic E-state index is 0.146. The third-order valence-corrected chi connectivity index (χ3v) is 6.03. The van der Waals surface area contributed by atoms with Crippen LogP contribution in [0.4, 0.5) is 0 Å². The van der Waals surface area contributed by atoms with E-state index in [-0.39, 0.29) is 11.8 Å². The largest absolute Gasteiger partial charge is 0.337 e. The van der Waals surface area contributed by atoms with Gasteiger partial charge in [0.25, 0.3) is 0 Å². The summed E-state index contributed by atoms with van der Waals surface area (Å²) >= 11 is 12.1. The second-order valence-corrected chi connectivity index (χ2v) is 8.04. The Morgan fingerprint density at radius 2 is 2.00 bits per heavy atom. The second kappa shape index (κ2) is 7.98. The normalized spacial score (nSPS) is 16.1. The Bertz CT molecular complexity index is 1010. The smallest absolute Gasteiger partial charge is 0.223 e. The quantitative estimate of drug-likeness (QED) is 0.613. The van der Waals surface area contributed by atoms with Crippen molar-refractivity contribution in [2.45, 2.75) is 25.3 Å². The standard InChI is InChI=1S/C22H21Cl2N3O/c1-26-12-17(11-25-26)19-14-27(13-16-4-2-3-5-18(16)19)22(28)9-7-15-6-8-20(23)21(24)10-15/h2-6,8,10-12,19H,7,9,13-14H2,1H3. The summed E-state index contributed by atoms with van der Waals surface area (Å²) in [6, 6.07) is 13.9. The van der Waals surface area contributed by atoms with Gasteiger partial charge in [-0.2, -0.15) is 5.10 Å². The van der Waals surface area contributed by atoms with E-state index in [1.54, 1.807) is 6.07 Å². The lowest BCUT2D eigenvalue weighted by atomic mass is 9.86. The van der Waals surface area contributed by atoms with E-state index in [0.717, 1.165) is 11.1 Å². The summed E-state index contributed by atoms with van der Waals surface area (Å²) in [5.41, 5.74) is 4.63. The molecule has 0 aliphatic carbocycles. The molecule has 1 aliphatic heterocycles. The number of carbonyl (C=O) groups excluding carboxylic acids is 1. The first kappa shape index (κ1) is 19.0. The Balaban J connectivity index is 1.51. The van der Waals surface area contributed by atoms with Gasteiger partial charge in [-0.05, 0) is 40.8 Å². The van der Waals surface area contributed by atoms with Crippen LogP contribution >= 0.6 is 23.2 Å². The Morgan fingerprint density at radius 1 is 1.18 bits per heavy atom. The topological polar surface area (TPSA) is 38.1 Å². The first-order valence-electron chi connectivity index (χ1n) is 9.29. The molecule has 0 saturated carbocycles. The van der Waals surface area contributed by atoms with Crippen LogP contribution in [0.15, 0.2) is 54.9 Å². The van der Waals surface area contributed by atoms with Gasteiger partial charge in [0.05, 0.1) is 16.2 Å². The van der Waals surface area contributed by atoms with Crippen molar-refractivity contribution in [3.63, 3.8) is 0 Å². The van der Waals surface area contributed by atoms with Crippen LogP contribution in [0.2, 0.25) is 10.0 Å². The minimum atomic E-state index is 0.146. The molecule has 1 aromatic heterocycles. The van der Waals surface area contributed by atoms with E-state index in [0.29, 0.717) is 36.0 Å². The van der Waals surface area contributed by atoms with Crippen molar-refractivity contribution in [1.29, 1.82) is 0 Å². The highest BCUT2D eigenvalue weighted by atomic mass is 35.5. The summed E-state index contributed by atoms with van der Waals surface area (Å²) in [4.78, 5) is 14.9. The van der Waals surface area contributed by atoms with E-state index in [4.69, 9.17) is 23.2 Å². The van der Waals surface area contributed by atoms with Gasteiger partial charge in [0, 0.05) is 38.7 Å². The van der Waals surface area contributed by atoms with Gasteiger partial charge in [0.1, 0.15) is 0 Å². The number of hydrogen-bond acceptors (Lipinski definition) is 2. The van der Waals surface area contributed by atoms with Gasteiger partial charge in [0.2, 0.25) is 5.91 Å². The van der Waals surface area contributed by atoms with E-state index in [9.17, 15) is 4.79 Å². The number of hydrogen-bond donors (Lipinski definition) is 0. The predicted octanol–water partition coefficient (Wildman–Crippen LogP) is 4.83. The van der Waals surface area contributed by atoms with Crippen molar-refractivity contribution in [2.75, 3.05) is 6.54 Å². The third-order valence-electron chi connectivity index (χ3n) is 5.29. The molecule has 0 spiro atoms. The number of nitrogens with zero attached hydrogens (tertiary/aromatic N) is 3. The van der Waals surface area contributed by atoms with Crippen molar-refractivity contribution in [3.8, 4) is 0 Å². The van der Waals surface area contributed by atoms with Crippen LogP contribution in [-0.2, 0) is 24.8 Å². The molecule has 2 heterocycles. The maximum absolute atomic E-state index is 13.0. The van der Waals surface area contributed by atoms with E-state index < -0.39 is 0 Å². The molecule has 0 fully saturated rings. The van der Waals surface area contributed by atoms with Crippen LogP contribution in [0.5, 0.6) is 0 Å². The Morgan fingerprint density at radius 3 is 2.75 bits per heavy atom. The van der Waals surface area contributed by atoms with Gasteiger partial charge in [-0.15, -0.1) is 0 Å². The number of benzene rings is 2. The zero-order valence-electron chi connectivity index (χ0n) is 15.6. The maximum atomic E-state index is 13.0. The second-order valence-electron chi connectivity index (χ2n) is 7.22. The molecule has 4 nitrogen and oxygen atoms in total. The Hall–Kier alpha value is -2.30. The number of aromatic nitrogens is 2. The first-order chi connectivity index (χ1) is 13.5. The SMILES string of the molecule is Cn1cc(C2CN(C(=O)CCc3ccc(Cl)c(Cl)c3)Cc3ccccc32)cn1. The van der Waals surface area contributed by atoms with Crippen LogP contribution in [0.25, 0.3) is 0 Å². The van der Waals surface area contributed by atoms with E-state index in [1.165, 1.54) is 11.1 Å². The maximum Gasteiger partial charge on any atom is 0.223 e. The summed E-state index contributed by atoms with van der Waals surface area (Å²) in [7, 11) is 1.92. The minimum Gasteiger partial charge on any atom is -0.337 e. The fourth-order valence-corrected chi connectivity index (χ4v) is 4.13. The fourth-order valence-electron chi connectivity index (χ4n) is 3.81. The molecule has 0 saturated heterocycles. The summed E-state index contributed by atoms with van der Waals surface area (Å²) < 4.78 is 1.81. The summed E-state index contributed by atoms with van der Waals surface area (Å²) in [6.45, 7) is 1.32. The lowest BCUT2D eigenvalue weighted by Crippen LogP contribution is -2.38. The fraction of sp³-hybridized carbons (Fsp3) is 0.273. The number of aryl methyl sites for hydroxylation is 2. The van der Waals surface area contributed by atoms with Gasteiger partial charge < -0.3 is 4.90 Å². The van der Waals surface area contributed by atoms with Gasteiger partial charge in [-0.25, -0.2) is 0 Å². The zero-order valence-corrected chi connectivity index (χ0v) is 17.1. The molecule has 1 unspecified atom stereocenters. The molecule has 6 heteroatoms.